The Hall–Kier alpha value is -0.370. The fourth-order valence-electron chi connectivity index (χ4n) is 4.61. The van der Waals surface area contributed by atoms with E-state index < -0.39 is 11.0 Å². The van der Waals surface area contributed by atoms with Crippen LogP contribution in [0.15, 0.2) is 0 Å². The summed E-state index contributed by atoms with van der Waals surface area (Å²) in [4.78, 5) is 12.1. The molecular weight excluding hydrogens is 188 g/mol. The first-order valence-corrected chi connectivity index (χ1v) is 6.34. The van der Waals surface area contributed by atoms with Crippen molar-refractivity contribution in [2.75, 3.05) is 0 Å². The van der Waals surface area contributed by atoms with Gasteiger partial charge in [0, 0.05) is 6.42 Å². The van der Waals surface area contributed by atoms with Gasteiger partial charge >= 0.3 is 0 Å². The molecule has 0 amide bonds. The number of fused-ring (bicyclic) bond motifs is 3. The Labute approximate surface area is 91.1 Å². The third-order valence-electron chi connectivity index (χ3n) is 5.56. The summed E-state index contributed by atoms with van der Waals surface area (Å²) in [5.41, 5.74) is -1.04. The van der Waals surface area contributed by atoms with Crippen molar-refractivity contribution in [3.8, 4) is 0 Å². The summed E-state index contributed by atoms with van der Waals surface area (Å²) in [6.45, 7) is 2.04. The lowest BCUT2D eigenvalue weighted by molar-refractivity contribution is -0.135. The predicted molar refractivity (Wildman–Crippen MR) is 57.4 cm³/mol. The molecule has 2 unspecified atom stereocenters. The van der Waals surface area contributed by atoms with Crippen molar-refractivity contribution in [3.05, 3.63) is 0 Å². The maximum absolute atomic E-state index is 12.1. The molecule has 0 aromatic heterocycles. The molecule has 2 heteroatoms. The van der Waals surface area contributed by atoms with E-state index in [9.17, 15) is 9.90 Å². The molecule has 0 heterocycles. The van der Waals surface area contributed by atoms with Crippen LogP contribution in [0.25, 0.3) is 0 Å². The van der Waals surface area contributed by atoms with Gasteiger partial charge in [-0.3, -0.25) is 4.79 Å². The van der Waals surface area contributed by atoms with E-state index in [1.165, 1.54) is 19.3 Å². The Morgan fingerprint density at radius 3 is 2.87 bits per heavy atom. The average molecular weight is 208 g/mol. The summed E-state index contributed by atoms with van der Waals surface area (Å²) in [7, 11) is 0. The van der Waals surface area contributed by atoms with Gasteiger partial charge in [-0.05, 0) is 38.0 Å². The minimum absolute atomic E-state index is 0.333. The summed E-state index contributed by atoms with van der Waals surface area (Å²) in [5, 5.41) is 10.7. The summed E-state index contributed by atoms with van der Waals surface area (Å²) in [6.07, 6.45) is 7.15. The third kappa shape index (κ3) is 1.01. The molecule has 3 rings (SSSR count). The highest BCUT2D eigenvalue weighted by Gasteiger charge is 2.66. The Bertz CT molecular complexity index is 312. The molecule has 0 saturated heterocycles. The van der Waals surface area contributed by atoms with Crippen molar-refractivity contribution in [1.82, 2.24) is 0 Å². The molecule has 0 spiro atoms. The van der Waals surface area contributed by atoms with E-state index in [-0.39, 0.29) is 0 Å². The first-order chi connectivity index (χ1) is 7.08. The number of aliphatic hydroxyl groups is 1. The van der Waals surface area contributed by atoms with E-state index >= 15 is 0 Å². The molecule has 0 bridgehead atoms. The van der Waals surface area contributed by atoms with Crippen molar-refractivity contribution in [1.29, 1.82) is 0 Å². The van der Waals surface area contributed by atoms with Crippen LogP contribution >= 0.6 is 0 Å². The summed E-state index contributed by atoms with van der Waals surface area (Å²) >= 11 is 0. The van der Waals surface area contributed by atoms with E-state index in [0.29, 0.717) is 24.0 Å². The van der Waals surface area contributed by atoms with Crippen LogP contribution in [0.5, 0.6) is 0 Å². The van der Waals surface area contributed by atoms with Gasteiger partial charge in [-0.25, -0.2) is 0 Å². The number of carbonyl (C=O) groups excluding carboxylic acids is 1. The molecule has 4 atom stereocenters. The van der Waals surface area contributed by atoms with Gasteiger partial charge in [0.2, 0.25) is 0 Å². The molecule has 3 saturated carbocycles. The van der Waals surface area contributed by atoms with Crippen molar-refractivity contribution in [2.24, 2.45) is 17.3 Å². The predicted octanol–water partition coefficient (Wildman–Crippen LogP) is 2.30. The van der Waals surface area contributed by atoms with E-state index in [0.717, 1.165) is 19.3 Å². The first kappa shape index (κ1) is 9.83. The number of hydrogen-bond donors (Lipinski definition) is 1. The molecule has 2 nitrogen and oxygen atoms in total. The lowest BCUT2D eigenvalue weighted by atomic mass is 9.67. The normalized spacial score (nSPS) is 54.1. The van der Waals surface area contributed by atoms with Gasteiger partial charge in [-0.15, -0.1) is 0 Å². The Kier molecular flexibility index (Phi) is 1.87. The molecule has 1 N–H and O–H groups in total. The van der Waals surface area contributed by atoms with Crippen LogP contribution in [-0.2, 0) is 4.79 Å². The molecule has 3 fully saturated rings. The molecule has 3 aliphatic rings. The highest BCUT2D eigenvalue weighted by Crippen LogP contribution is 2.63. The van der Waals surface area contributed by atoms with Gasteiger partial charge in [0.25, 0.3) is 0 Å². The number of hydrogen-bond acceptors (Lipinski definition) is 2. The second-order valence-electron chi connectivity index (χ2n) is 6.01. The van der Waals surface area contributed by atoms with Crippen LogP contribution in [0.2, 0.25) is 0 Å². The zero-order chi connectivity index (χ0) is 10.7. The SMILES string of the molecule is C[C@@]12C(=O)CC[C@]1(O)CC1CCCCC12. The van der Waals surface area contributed by atoms with E-state index in [2.05, 4.69) is 0 Å². The first-order valence-electron chi connectivity index (χ1n) is 6.34. The minimum Gasteiger partial charge on any atom is -0.389 e. The number of carbonyl (C=O) groups is 1. The highest BCUT2D eigenvalue weighted by molar-refractivity contribution is 5.89. The van der Waals surface area contributed by atoms with Crippen LogP contribution in [0, 0.1) is 17.3 Å². The van der Waals surface area contributed by atoms with Crippen LogP contribution in [0.1, 0.15) is 51.9 Å². The van der Waals surface area contributed by atoms with Gasteiger partial charge in [-0.1, -0.05) is 19.3 Å². The van der Waals surface area contributed by atoms with Crippen molar-refractivity contribution in [3.63, 3.8) is 0 Å². The summed E-state index contributed by atoms with van der Waals surface area (Å²) < 4.78 is 0. The number of ketones is 1. The lowest BCUT2D eigenvalue weighted by Crippen LogP contribution is -2.44. The van der Waals surface area contributed by atoms with E-state index in [1.54, 1.807) is 0 Å². The molecule has 0 radical (unpaired) electrons. The van der Waals surface area contributed by atoms with Crippen LogP contribution in [-0.4, -0.2) is 16.5 Å². The fraction of sp³-hybridized carbons (Fsp3) is 0.923. The van der Waals surface area contributed by atoms with Gasteiger partial charge in [-0.2, -0.15) is 0 Å². The third-order valence-corrected chi connectivity index (χ3v) is 5.56. The largest absolute Gasteiger partial charge is 0.389 e. The lowest BCUT2D eigenvalue weighted by Gasteiger charge is -2.37. The van der Waals surface area contributed by atoms with Crippen LogP contribution < -0.4 is 0 Å². The Morgan fingerprint density at radius 1 is 1.33 bits per heavy atom. The van der Waals surface area contributed by atoms with E-state index in [4.69, 9.17) is 0 Å². The molecule has 3 aliphatic carbocycles. The highest BCUT2D eigenvalue weighted by atomic mass is 16.3. The summed E-state index contributed by atoms with van der Waals surface area (Å²) in [6, 6.07) is 0. The summed E-state index contributed by atoms with van der Waals surface area (Å²) in [5.74, 6) is 1.43. The average Bonchev–Trinajstić information content (AvgIpc) is 2.58. The minimum atomic E-state index is -0.649. The molecule has 0 aliphatic heterocycles. The fourth-order valence-corrected chi connectivity index (χ4v) is 4.61. The van der Waals surface area contributed by atoms with Gasteiger partial charge in [0.05, 0.1) is 11.0 Å². The zero-order valence-corrected chi connectivity index (χ0v) is 9.46. The molecule has 0 aromatic carbocycles. The Morgan fingerprint density at radius 2 is 2.07 bits per heavy atom. The van der Waals surface area contributed by atoms with Crippen LogP contribution in [0.3, 0.4) is 0 Å². The van der Waals surface area contributed by atoms with Crippen LogP contribution in [0.4, 0.5) is 0 Å². The maximum atomic E-state index is 12.1. The second kappa shape index (κ2) is 2.85. The van der Waals surface area contributed by atoms with Gasteiger partial charge < -0.3 is 5.11 Å². The molecular formula is C13H20O2. The number of rotatable bonds is 0. The second-order valence-corrected chi connectivity index (χ2v) is 6.01. The zero-order valence-electron chi connectivity index (χ0n) is 9.46. The standard InChI is InChI=1S/C13H20O2/c1-12-10-5-3-2-4-9(10)8-13(12,15)7-6-11(12)14/h9-10,15H,2-8H2,1H3/t9?,10?,12-,13+/m1/s1. The van der Waals surface area contributed by atoms with Gasteiger partial charge in [0.15, 0.2) is 0 Å². The van der Waals surface area contributed by atoms with E-state index in [1.807, 2.05) is 6.92 Å². The van der Waals surface area contributed by atoms with Gasteiger partial charge in [0.1, 0.15) is 5.78 Å². The topological polar surface area (TPSA) is 37.3 Å². The maximum Gasteiger partial charge on any atom is 0.142 e. The van der Waals surface area contributed by atoms with Crippen molar-refractivity contribution >= 4 is 5.78 Å². The Balaban J connectivity index is 2.03. The molecule has 15 heavy (non-hydrogen) atoms. The monoisotopic (exact) mass is 208 g/mol. The quantitative estimate of drug-likeness (QED) is 0.663. The molecule has 0 aromatic rings. The smallest absolute Gasteiger partial charge is 0.142 e. The van der Waals surface area contributed by atoms with Crippen molar-refractivity contribution < 1.29 is 9.90 Å². The number of Topliss-reactive ketones (excluding diaryl/α,β-unsaturated/α-hetero) is 1. The molecule has 84 valence electrons. The van der Waals surface area contributed by atoms with Crippen molar-refractivity contribution in [2.45, 2.75) is 57.5 Å².